The molecule has 0 amide bonds. The summed E-state index contributed by atoms with van der Waals surface area (Å²) >= 11 is 0. The standard InChI is InChI=1S/C17H24N4O2S/c1-13-17(14(2)20(3)18-13)24(22,23)19-15-9-5-6-10-16(15)21-11-7-4-8-12-21/h5-6,9-10,19H,4,7-8,11-12H2,1-3H3. The molecule has 7 heteroatoms. The third kappa shape index (κ3) is 3.13. The number of nitrogens with one attached hydrogen (secondary N) is 1. The van der Waals surface area contributed by atoms with E-state index in [1.807, 2.05) is 24.3 Å². The van der Waals surface area contributed by atoms with Crippen LogP contribution in [-0.4, -0.2) is 31.3 Å². The van der Waals surface area contributed by atoms with Crippen molar-refractivity contribution >= 4 is 21.4 Å². The molecule has 0 unspecified atom stereocenters. The molecule has 1 aliphatic rings. The van der Waals surface area contributed by atoms with Gasteiger partial charge in [-0.3, -0.25) is 9.40 Å². The highest BCUT2D eigenvalue weighted by Crippen LogP contribution is 2.31. The second-order valence-electron chi connectivity index (χ2n) is 6.29. The van der Waals surface area contributed by atoms with Crippen LogP contribution in [0.5, 0.6) is 0 Å². The summed E-state index contributed by atoms with van der Waals surface area (Å²) < 4.78 is 30.2. The van der Waals surface area contributed by atoms with E-state index in [2.05, 4.69) is 14.7 Å². The molecule has 24 heavy (non-hydrogen) atoms. The monoisotopic (exact) mass is 348 g/mol. The van der Waals surface area contributed by atoms with Crippen molar-refractivity contribution in [3.63, 3.8) is 0 Å². The first-order chi connectivity index (χ1) is 11.4. The number of para-hydroxylation sites is 2. The van der Waals surface area contributed by atoms with Gasteiger partial charge in [0.1, 0.15) is 4.90 Å². The predicted octanol–water partition coefficient (Wildman–Crippen LogP) is 2.83. The van der Waals surface area contributed by atoms with Gasteiger partial charge in [0.25, 0.3) is 10.0 Å². The Bertz CT molecular complexity index is 836. The van der Waals surface area contributed by atoms with Crippen molar-refractivity contribution < 1.29 is 8.42 Å². The van der Waals surface area contributed by atoms with Gasteiger partial charge in [0.2, 0.25) is 0 Å². The average Bonchev–Trinajstić information content (AvgIpc) is 2.81. The molecular weight excluding hydrogens is 324 g/mol. The topological polar surface area (TPSA) is 67.2 Å². The molecule has 1 fully saturated rings. The zero-order chi connectivity index (χ0) is 17.3. The number of piperidine rings is 1. The fourth-order valence-corrected chi connectivity index (χ4v) is 4.82. The summed E-state index contributed by atoms with van der Waals surface area (Å²) in [5.41, 5.74) is 2.72. The Labute approximate surface area is 143 Å². The van der Waals surface area contributed by atoms with Crippen LogP contribution in [0.4, 0.5) is 11.4 Å². The molecule has 0 aliphatic carbocycles. The van der Waals surface area contributed by atoms with Crippen LogP contribution in [0.15, 0.2) is 29.2 Å². The third-order valence-corrected chi connectivity index (χ3v) is 6.17. The highest BCUT2D eigenvalue weighted by molar-refractivity contribution is 7.92. The van der Waals surface area contributed by atoms with Gasteiger partial charge in [-0.15, -0.1) is 0 Å². The Hall–Kier alpha value is -2.02. The maximum atomic E-state index is 12.9. The van der Waals surface area contributed by atoms with E-state index < -0.39 is 10.0 Å². The molecule has 1 aliphatic heterocycles. The minimum absolute atomic E-state index is 0.262. The van der Waals surface area contributed by atoms with Crippen LogP contribution < -0.4 is 9.62 Å². The Morgan fingerprint density at radius 3 is 2.38 bits per heavy atom. The van der Waals surface area contributed by atoms with Crippen molar-refractivity contribution in [2.45, 2.75) is 38.0 Å². The summed E-state index contributed by atoms with van der Waals surface area (Å²) in [5.74, 6) is 0. The summed E-state index contributed by atoms with van der Waals surface area (Å²) in [6, 6.07) is 7.60. The number of rotatable bonds is 4. The average molecular weight is 348 g/mol. The molecule has 1 aromatic carbocycles. The second kappa shape index (κ2) is 6.47. The van der Waals surface area contributed by atoms with E-state index >= 15 is 0 Å². The van der Waals surface area contributed by atoms with Crippen LogP contribution in [0.25, 0.3) is 0 Å². The molecule has 2 aromatic rings. The van der Waals surface area contributed by atoms with E-state index in [1.165, 1.54) is 6.42 Å². The molecule has 0 bridgehead atoms. The van der Waals surface area contributed by atoms with E-state index in [-0.39, 0.29) is 4.90 Å². The molecule has 1 saturated heterocycles. The normalized spacial score (nSPS) is 15.5. The van der Waals surface area contributed by atoms with Gasteiger partial charge in [0.05, 0.1) is 22.8 Å². The molecule has 0 radical (unpaired) electrons. The molecule has 3 rings (SSSR count). The zero-order valence-corrected chi connectivity index (χ0v) is 15.2. The molecule has 0 spiro atoms. The summed E-state index contributed by atoms with van der Waals surface area (Å²) in [6.07, 6.45) is 3.52. The lowest BCUT2D eigenvalue weighted by Gasteiger charge is -2.30. The number of aryl methyl sites for hydroxylation is 2. The summed E-state index contributed by atoms with van der Waals surface area (Å²) in [4.78, 5) is 2.52. The first kappa shape index (κ1) is 16.8. The highest BCUT2D eigenvalue weighted by Gasteiger charge is 2.25. The lowest BCUT2D eigenvalue weighted by Crippen LogP contribution is -2.30. The first-order valence-corrected chi connectivity index (χ1v) is 9.75. The van der Waals surface area contributed by atoms with Crippen LogP contribution in [0.1, 0.15) is 30.7 Å². The lowest BCUT2D eigenvalue weighted by molar-refractivity contribution is 0.578. The number of aromatic nitrogens is 2. The van der Waals surface area contributed by atoms with Crippen LogP contribution in [0.2, 0.25) is 0 Å². The molecule has 1 N–H and O–H groups in total. The predicted molar refractivity (Wildman–Crippen MR) is 96.0 cm³/mol. The van der Waals surface area contributed by atoms with E-state index in [1.54, 1.807) is 25.6 Å². The number of benzene rings is 1. The number of anilines is 2. The quantitative estimate of drug-likeness (QED) is 0.922. The van der Waals surface area contributed by atoms with E-state index in [9.17, 15) is 8.42 Å². The Kier molecular flexibility index (Phi) is 4.54. The van der Waals surface area contributed by atoms with Crippen molar-refractivity contribution in [1.82, 2.24) is 9.78 Å². The van der Waals surface area contributed by atoms with Gasteiger partial charge in [0.15, 0.2) is 0 Å². The lowest BCUT2D eigenvalue weighted by atomic mass is 10.1. The van der Waals surface area contributed by atoms with Gasteiger partial charge < -0.3 is 4.90 Å². The van der Waals surface area contributed by atoms with Gasteiger partial charge in [-0.25, -0.2) is 8.42 Å². The van der Waals surface area contributed by atoms with Gasteiger partial charge in [0, 0.05) is 20.1 Å². The Morgan fingerprint density at radius 2 is 1.75 bits per heavy atom. The molecule has 0 atom stereocenters. The minimum atomic E-state index is -3.68. The SMILES string of the molecule is Cc1nn(C)c(C)c1S(=O)(=O)Nc1ccccc1N1CCCCC1. The Morgan fingerprint density at radius 1 is 1.08 bits per heavy atom. The van der Waals surface area contributed by atoms with Crippen LogP contribution in [0, 0.1) is 13.8 Å². The Balaban J connectivity index is 1.96. The highest BCUT2D eigenvalue weighted by atomic mass is 32.2. The molecule has 2 heterocycles. The van der Waals surface area contributed by atoms with Crippen LogP contribution >= 0.6 is 0 Å². The van der Waals surface area contributed by atoms with Gasteiger partial charge >= 0.3 is 0 Å². The van der Waals surface area contributed by atoms with Gasteiger partial charge in [-0.2, -0.15) is 5.10 Å². The smallest absolute Gasteiger partial charge is 0.265 e. The number of sulfonamides is 1. The minimum Gasteiger partial charge on any atom is -0.370 e. The summed E-state index contributed by atoms with van der Waals surface area (Å²) in [5, 5.41) is 4.22. The first-order valence-electron chi connectivity index (χ1n) is 8.27. The fourth-order valence-electron chi connectivity index (χ4n) is 3.31. The largest absolute Gasteiger partial charge is 0.370 e. The number of hydrogen-bond donors (Lipinski definition) is 1. The molecular formula is C17H24N4O2S. The zero-order valence-electron chi connectivity index (χ0n) is 14.4. The van der Waals surface area contributed by atoms with E-state index in [0.29, 0.717) is 17.1 Å². The maximum Gasteiger partial charge on any atom is 0.265 e. The maximum absolute atomic E-state index is 12.9. The molecule has 1 aromatic heterocycles. The van der Waals surface area contributed by atoms with Crippen LogP contribution in [-0.2, 0) is 17.1 Å². The number of hydrogen-bond acceptors (Lipinski definition) is 4. The van der Waals surface area contributed by atoms with Gasteiger partial charge in [-0.05, 0) is 45.2 Å². The van der Waals surface area contributed by atoms with Crippen molar-refractivity contribution in [2.24, 2.45) is 7.05 Å². The van der Waals surface area contributed by atoms with Crippen molar-refractivity contribution in [3.8, 4) is 0 Å². The summed E-state index contributed by atoms with van der Waals surface area (Å²) in [6.45, 7) is 5.41. The summed E-state index contributed by atoms with van der Waals surface area (Å²) in [7, 11) is -1.92. The molecule has 0 saturated carbocycles. The van der Waals surface area contributed by atoms with E-state index in [4.69, 9.17) is 0 Å². The third-order valence-electron chi connectivity index (χ3n) is 4.56. The van der Waals surface area contributed by atoms with E-state index in [0.717, 1.165) is 31.6 Å². The second-order valence-corrected chi connectivity index (χ2v) is 7.91. The van der Waals surface area contributed by atoms with Crippen molar-refractivity contribution in [3.05, 3.63) is 35.7 Å². The molecule has 6 nitrogen and oxygen atoms in total. The van der Waals surface area contributed by atoms with Gasteiger partial charge in [-0.1, -0.05) is 12.1 Å². The van der Waals surface area contributed by atoms with Crippen LogP contribution in [0.3, 0.4) is 0 Å². The van der Waals surface area contributed by atoms with Crippen molar-refractivity contribution in [1.29, 1.82) is 0 Å². The fraction of sp³-hybridized carbons (Fsp3) is 0.471. The van der Waals surface area contributed by atoms with Crippen molar-refractivity contribution in [2.75, 3.05) is 22.7 Å². The number of nitrogens with zero attached hydrogens (tertiary/aromatic N) is 3. The molecule has 130 valence electrons.